The van der Waals surface area contributed by atoms with Crippen LogP contribution < -0.4 is 5.32 Å². The molecule has 1 aromatic rings. The molecule has 1 aliphatic carbocycles. The molecule has 0 bridgehead atoms. The Labute approximate surface area is 127 Å². The van der Waals surface area contributed by atoms with Crippen molar-refractivity contribution < 1.29 is 8.42 Å². The average Bonchev–Trinajstić information content (AvgIpc) is 3.15. The lowest BCUT2D eigenvalue weighted by atomic mass is 9.90. The first-order valence-electron chi connectivity index (χ1n) is 7.87. The fourth-order valence-electron chi connectivity index (χ4n) is 2.80. The first-order valence-corrected chi connectivity index (χ1v) is 9.31. The molecule has 21 heavy (non-hydrogen) atoms. The maximum atomic E-state index is 12.7. The lowest BCUT2D eigenvalue weighted by Crippen LogP contribution is -2.42. The van der Waals surface area contributed by atoms with Gasteiger partial charge in [-0.3, -0.25) is 0 Å². The van der Waals surface area contributed by atoms with E-state index in [-0.39, 0.29) is 0 Å². The number of hydrogen-bond acceptors (Lipinski definition) is 3. The maximum Gasteiger partial charge on any atom is 0.244 e. The molecule has 2 unspecified atom stereocenters. The van der Waals surface area contributed by atoms with E-state index in [2.05, 4.69) is 24.1 Å². The third kappa shape index (κ3) is 3.33. The number of nitrogens with one attached hydrogen (secondary N) is 2. The largest absolute Gasteiger partial charge is 0.363 e. The fourth-order valence-corrected chi connectivity index (χ4v) is 4.38. The van der Waals surface area contributed by atoms with Gasteiger partial charge in [-0.25, -0.2) is 8.42 Å². The molecule has 1 aromatic heterocycles. The van der Waals surface area contributed by atoms with Crippen LogP contribution in [0.1, 0.15) is 38.8 Å². The third-order valence-electron chi connectivity index (χ3n) is 4.81. The molecule has 1 saturated heterocycles. The minimum Gasteiger partial charge on any atom is -0.363 e. The van der Waals surface area contributed by atoms with Crippen molar-refractivity contribution in [2.24, 2.45) is 11.8 Å². The normalized spacial score (nSPS) is 27.9. The summed E-state index contributed by atoms with van der Waals surface area (Å²) in [6.07, 6.45) is 5.04. The van der Waals surface area contributed by atoms with Crippen LogP contribution in [-0.4, -0.2) is 36.8 Å². The Morgan fingerprint density at radius 1 is 1.29 bits per heavy atom. The van der Waals surface area contributed by atoms with E-state index in [4.69, 9.17) is 0 Å². The molecular formula is C15H25N3O2S. The summed E-state index contributed by atoms with van der Waals surface area (Å²) in [4.78, 5) is 3.49. The number of nitrogens with zero attached hydrogens (tertiary/aromatic N) is 1. The van der Waals surface area contributed by atoms with E-state index in [0.29, 0.717) is 42.4 Å². The van der Waals surface area contributed by atoms with Gasteiger partial charge in [-0.05, 0) is 37.2 Å². The molecule has 2 heterocycles. The molecule has 1 aliphatic heterocycles. The molecule has 0 radical (unpaired) electrons. The van der Waals surface area contributed by atoms with Gasteiger partial charge in [0.05, 0.1) is 4.90 Å². The van der Waals surface area contributed by atoms with Crippen LogP contribution in [0.4, 0.5) is 0 Å². The van der Waals surface area contributed by atoms with Crippen molar-refractivity contribution in [3.63, 3.8) is 0 Å². The van der Waals surface area contributed by atoms with Crippen LogP contribution in [0, 0.1) is 11.8 Å². The Kier molecular flexibility index (Phi) is 4.12. The number of piperidine rings is 1. The Morgan fingerprint density at radius 3 is 2.71 bits per heavy atom. The van der Waals surface area contributed by atoms with Gasteiger partial charge in [-0.1, -0.05) is 13.8 Å². The molecule has 0 aromatic carbocycles. The highest BCUT2D eigenvalue weighted by molar-refractivity contribution is 7.89. The summed E-state index contributed by atoms with van der Waals surface area (Å²) in [7, 11) is -3.35. The quantitative estimate of drug-likeness (QED) is 0.873. The van der Waals surface area contributed by atoms with Crippen molar-refractivity contribution in [3.05, 3.63) is 18.0 Å². The SMILES string of the molecule is CC1CCN(S(=O)(=O)c2c[nH]c(CNC3CC3)c2)CC1C. The third-order valence-corrected chi connectivity index (χ3v) is 6.65. The van der Waals surface area contributed by atoms with Gasteiger partial charge < -0.3 is 10.3 Å². The van der Waals surface area contributed by atoms with Gasteiger partial charge in [0.1, 0.15) is 0 Å². The summed E-state index contributed by atoms with van der Waals surface area (Å²) in [5.74, 6) is 1.02. The van der Waals surface area contributed by atoms with Crippen molar-refractivity contribution in [1.29, 1.82) is 0 Å². The summed E-state index contributed by atoms with van der Waals surface area (Å²) in [6, 6.07) is 2.39. The molecule has 2 N–H and O–H groups in total. The summed E-state index contributed by atoms with van der Waals surface area (Å²) in [5, 5.41) is 3.39. The van der Waals surface area contributed by atoms with Gasteiger partial charge in [0.15, 0.2) is 0 Å². The van der Waals surface area contributed by atoms with Crippen molar-refractivity contribution in [3.8, 4) is 0 Å². The Bertz CT molecular complexity index is 592. The van der Waals surface area contributed by atoms with Gasteiger partial charge >= 0.3 is 0 Å². The molecule has 6 heteroatoms. The summed E-state index contributed by atoms with van der Waals surface area (Å²) in [6.45, 7) is 6.31. The van der Waals surface area contributed by atoms with Crippen molar-refractivity contribution in [1.82, 2.24) is 14.6 Å². The van der Waals surface area contributed by atoms with Gasteiger partial charge in [0, 0.05) is 37.6 Å². The number of sulfonamides is 1. The average molecular weight is 311 g/mol. The first kappa shape index (κ1) is 15.1. The van der Waals surface area contributed by atoms with Crippen molar-refractivity contribution >= 4 is 10.0 Å². The lowest BCUT2D eigenvalue weighted by molar-refractivity contribution is 0.212. The first-order chi connectivity index (χ1) is 9.96. The van der Waals surface area contributed by atoms with Gasteiger partial charge in [-0.15, -0.1) is 0 Å². The minimum atomic E-state index is -3.35. The molecule has 2 fully saturated rings. The smallest absolute Gasteiger partial charge is 0.244 e. The highest BCUT2D eigenvalue weighted by atomic mass is 32.2. The summed E-state index contributed by atoms with van der Waals surface area (Å²) in [5.41, 5.74) is 0.943. The molecule has 5 nitrogen and oxygen atoms in total. The number of aromatic nitrogens is 1. The molecule has 0 amide bonds. The van der Waals surface area contributed by atoms with Crippen LogP contribution in [-0.2, 0) is 16.6 Å². The molecule has 1 saturated carbocycles. The van der Waals surface area contributed by atoms with E-state index in [9.17, 15) is 8.42 Å². The highest BCUT2D eigenvalue weighted by Crippen LogP contribution is 2.27. The second-order valence-electron chi connectivity index (χ2n) is 6.62. The van der Waals surface area contributed by atoms with Crippen LogP contribution in [0.15, 0.2) is 17.2 Å². The van der Waals surface area contributed by atoms with Crippen LogP contribution >= 0.6 is 0 Å². The highest BCUT2D eigenvalue weighted by Gasteiger charge is 2.32. The standard InChI is InChI=1S/C15H25N3O2S/c1-11-5-6-18(10-12(11)2)21(19,20)15-7-14(17-9-15)8-16-13-3-4-13/h7,9,11-13,16-17H,3-6,8,10H2,1-2H3. The van der Waals surface area contributed by atoms with Gasteiger partial charge in [-0.2, -0.15) is 4.31 Å². The Morgan fingerprint density at radius 2 is 2.05 bits per heavy atom. The van der Waals surface area contributed by atoms with Crippen LogP contribution in [0.25, 0.3) is 0 Å². The van der Waals surface area contributed by atoms with Gasteiger partial charge in [0.25, 0.3) is 0 Å². The lowest BCUT2D eigenvalue weighted by Gasteiger charge is -2.34. The minimum absolute atomic E-state index is 0.400. The number of hydrogen-bond donors (Lipinski definition) is 2. The van der Waals surface area contributed by atoms with E-state index in [1.165, 1.54) is 12.8 Å². The van der Waals surface area contributed by atoms with Crippen LogP contribution in [0.5, 0.6) is 0 Å². The molecule has 2 atom stereocenters. The molecule has 2 aliphatic rings. The van der Waals surface area contributed by atoms with Crippen LogP contribution in [0.2, 0.25) is 0 Å². The zero-order valence-electron chi connectivity index (χ0n) is 12.8. The molecule has 0 spiro atoms. The van der Waals surface area contributed by atoms with Gasteiger partial charge in [0.2, 0.25) is 10.0 Å². The Balaban J connectivity index is 1.69. The monoisotopic (exact) mass is 311 g/mol. The second-order valence-corrected chi connectivity index (χ2v) is 8.56. The van der Waals surface area contributed by atoms with E-state index >= 15 is 0 Å². The Hall–Kier alpha value is -0.850. The zero-order valence-corrected chi connectivity index (χ0v) is 13.6. The topological polar surface area (TPSA) is 65.2 Å². The second kappa shape index (κ2) is 5.74. The maximum absolute atomic E-state index is 12.7. The van der Waals surface area contributed by atoms with E-state index < -0.39 is 10.0 Å². The van der Waals surface area contributed by atoms with E-state index in [1.807, 2.05) is 0 Å². The summed E-state index contributed by atoms with van der Waals surface area (Å²) < 4.78 is 27.0. The molecular weight excluding hydrogens is 286 g/mol. The summed E-state index contributed by atoms with van der Waals surface area (Å²) >= 11 is 0. The van der Waals surface area contributed by atoms with E-state index in [1.54, 1.807) is 16.6 Å². The van der Waals surface area contributed by atoms with Crippen LogP contribution in [0.3, 0.4) is 0 Å². The number of aromatic amines is 1. The predicted octanol–water partition coefficient (Wildman–Crippen LogP) is 1.93. The predicted molar refractivity (Wildman–Crippen MR) is 82.4 cm³/mol. The van der Waals surface area contributed by atoms with Crippen molar-refractivity contribution in [2.45, 2.75) is 50.6 Å². The zero-order chi connectivity index (χ0) is 15.0. The molecule has 118 valence electrons. The van der Waals surface area contributed by atoms with E-state index in [0.717, 1.165) is 12.1 Å². The molecule has 3 rings (SSSR count). The number of H-pyrrole nitrogens is 1. The van der Waals surface area contributed by atoms with Crippen molar-refractivity contribution in [2.75, 3.05) is 13.1 Å². The number of rotatable bonds is 5. The fraction of sp³-hybridized carbons (Fsp3) is 0.733.